The first-order valence-electron chi connectivity index (χ1n) is 6.11. The Morgan fingerprint density at radius 3 is 2.61 bits per heavy atom. The number of nitrogens with one attached hydrogen (secondary N) is 1. The van der Waals surface area contributed by atoms with Crippen LogP contribution in [-0.4, -0.2) is 9.97 Å². The van der Waals surface area contributed by atoms with Gasteiger partial charge in [0, 0.05) is 35.8 Å². The van der Waals surface area contributed by atoms with Crippen molar-refractivity contribution in [2.24, 2.45) is 0 Å². The van der Waals surface area contributed by atoms with Crippen LogP contribution >= 0.6 is 11.3 Å². The van der Waals surface area contributed by atoms with Gasteiger partial charge in [0.2, 0.25) is 0 Å². The quantitative estimate of drug-likeness (QED) is 0.919. The molecule has 0 aliphatic rings. The molecule has 3 nitrogen and oxygen atoms in total. The summed E-state index contributed by atoms with van der Waals surface area (Å²) >= 11 is 1.78. The molecule has 0 spiro atoms. The number of nitrogens with zero attached hydrogens (tertiary/aromatic N) is 2. The van der Waals surface area contributed by atoms with E-state index >= 15 is 0 Å². The molecule has 0 aliphatic carbocycles. The summed E-state index contributed by atoms with van der Waals surface area (Å²) in [6, 6.07) is 5.97. The minimum absolute atomic E-state index is 0.143. The van der Waals surface area contributed by atoms with Gasteiger partial charge in [0.05, 0.1) is 10.7 Å². The lowest BCUT2D eigenvalue weighted by atomic mass is 9.98. The molecule has 0 amide bonds. The van der Waals surface area contributed by atoms with Crippen molar-refractivity contribution in [1.82, 2.24) is 15.3 Å². The largest absolute Gasteiger partial charge is 0.306 e. The molecule has 0 unspecified atom stereocenters. The molecule has 96 valence electrons. The van der Waals surface area contributed by atoms with Gasteiger partial charge in [0.25, 0.3) is 0 Å². The molecular formula is C14H19N3S. The van der Waals surface area contributed by atoms with Gasteiger partial charge >= 0.3 is 0 Å². The smallest absolute Gasteiger partial charge is 0.0981 e. The molecule has 2 rings (SSSR count). The minimum Gasteiger partial charge on any atom is -0.306 e. The molecule has 0 saturated carbocycles. The fourth-order valence-electron chi connectivity index (χ4n) is 1.55. The summed E-state index contributed by atoms with van der Waals surface area (Å²) in [4.78, 5) is 10.0. The van der Waals surface area contributed by atoms with Crippen molar-refractivity contribution >= 4 is 11.3 Å². The van der Waals surface area contributed by atoms with E-state index in [0.717, 1.165) is 18.8 Å². The summed E-state index contributed by atoms with van der Waals surface area (Å²) in [6.07, 6.45) is 3.79. The number of hydrogen-bond donors (Lipinski definition) is 1. The minimum atomic E-state index is 0.143. The molecule has 0 aromatic carbocycles. The van der Waals surface area contributed by atoms with Crippen molar-refractivity contribution in [3.8, 4) is 0 Å². The third kappa shape index (κ3) is 3.62. The SMILES string of the molecule is CC(C)(C)c1ncc(CNCc2ccccn2)s1. The zero-order valence-electron chi connectivity index (χ0n) is 11.1. The lowest BCUT2D eigenvalue weighted by Gasteiger charge is -2.13. The van der Waals surface area contributed by atoms with E-state index in [-0.39, 0.29) is 5.41 Å². The average Bonchev–Trinajstić information content (AvgIpc) is 2.79. The van der Waals surface area contributed by atoms with E-state index in [4.69, 9.17) is 0 Å². The number of aromatic nitrogens is 2. The first-order valence-corrected chi connectivity index (χ1v) is 6.93. The molecule has 0 radical (unpaired) electrons. The van der Waals surface area contributed by atoms with Crippen molar-refractivity contribution in [2.75, 3.05) is 0 Å². The Hall–Kier alpha value is -1.26. The van der Waals surface area contributed by atoms with Gasteiger partial charge in [-0.05, 0) is 12.1 Å². The van der Waals surface area contributed by atoms with Gasteiger partial charge in [0.1, 0.15) is 0 Å². The molecule has 0 fully saturated rings. The predicted octanol–water partition coefficient (Wildman–Crippen LogP) is 3.13. The van der Waals surface area contributed by atoms with E-state index in [1.54, 1.807) is 11.3 Å². The van der Waals surface area contributed by atoms with E-state index in [9.17, 15) is 0 Å². The van der Waals surface area contributed by atoms with Gasteiger partial charge in [-0.1, -0.05) is 26.8 Å². The third-order valence-corrected chi connectivity index (χ3v) is 3.95. The maximum Gasteiger partial charge on any atom is 0.0981 e. The fraction of sp³-hybridized carbons (Fsp3) is 0.429. The molecule has 2 aromatic rings. The van der Waals surface area contributed by atoms with Crippen LogP contribution in [0.4, 0.5) is 0 Å². The van der Waals surface area contributed by atoms with Gasteiger partial charge in [-0.3, -0.25) is 4.98 Å². The summed E-state index contributed by atoms with van der Waals surface area (Å²) in [5.41, 5.74) is 1.21. The number of rotatable bonds is 4. The van der Waals surface area contributed by atoms with Crippen LogP contribution in [0.2, 0.25) is 0 Å². The molecule has 0 aliphatic heterocycles. The van der Waals surface area contributed by atoms with Crippen molar-refractivity contribution in [1.29, 1.82) is 0 Å². The highest BCUT2D eigenvalue weighted by Crippen LogP contribution is 2.26. The fourth-order valence-corrected chi connectivity index (χ4v) is 2.49. The maximum absolute atomic E-state index is 4.48. The molecule has 0 atom stereocenters. The van der Waals surface area contributed by atoms with E-state index in [0.29, 0.717) is 0 Å². The van der Waals surface area contributed by atoms with E-state index in [2.05, 4.69) is 36.1 Å². The number of pyridine rings is 1. The average molecular weight is 261 g/mol. The Morgan fingerprint density at radius 1 is 1.17 bits per heavy atom. The lowest BCUT2D eigenvalue weighted by molar-refractivity contribution is 0.585. The predicted molar refractivity (Wildman–Crippen MR) is 75.6 cm³/mol. The molecule has 2 heterocycles. The highest BCUT2D eigenvalue weighted by Gasteiger charge is 2.17. The second-order valence-electron chi connectivity index (χ2n) is 5.31. The lowest BCUT2D eigenvalue weighted by Crippen LogP contribution is -2.12. The molecule has 18 heavy (non-hydrogen) atoms. The van der Waals surface area contributed by atoms with Crippen LogP contribution in [0.3, 0.4) is 0 Å². The normalized spacial score (nSPS) is 11.7. The summed E-state index contributed by atoms with van der Waals surface area (Å²) in [5, 5.41) is 4.58. The van der Waals surface area contributed by atoms with Gasteiger partial charge in [0.15, 0.2) is 0 Å². The Kier molecular flexibility index (Phi) is 4.09. The Morgan fingerprint density at radius 2 is 2.00 bits per heavy atom. The zero-order chi connectivity index (χ0) is 13.0. The van der Waals surface area contributed by atoms with Crippen LogP contribution in [0.1, 0.15) is 36.3 Å². The summed E-state index contributed by atoms with van der Waals surface area (Å²) < 4.78 is 0. The molecule has 4 heteroatoms. The van der Waals surface area contributed by atoms with E-state index in [1.807, 2.05) is 30.6 Å². The van der Waals surface area contributed by atoms with Crippen molar-refractivity contribution in [3.05, 3.63) is 46.2 Å². The third-order valence-electron chi connectivity index (χ3n) is 2.53. The monoisotopic (exact) mass is 261 g/mol. The summed E-state index contributed by atoms with van der Waals surface area (Å²) in [5.74, 6) is 0. The number of thiazole rings is 1. The van der Waals surface area contributed by atoms with Crippen molar-refractivity contribution in [2.45, 2.75) is 39.3 Å². The van der Waals surface area contributed by atoms with Crippen LogP contribution in [0.15, 0.2) is 30.6 Å². The summed E-state index contributed by atoms with van der Waals surface area (Å²) in [7, 11) is 0. The van der Waals surface area contributed by atoms with Crippen LogP contribution in [-0.2, 0) is 18.5 Å². The standard InChI is InChI=1S/C14H19N3S/c1-14(2,3)13-17-10-12(18-13)9-15-8-11-6-4-5-7-16-11/h4-7,10,15H,8-9H2,1-3H3. The van der Waals surface area contributed by atoms with Gasteiger partial charge < -0.3 is 5.32 Å². The van der Waals surface area contributed by atoms with Crippen LogP contribution < -0.4 is 5.32 Å². The summed E-state index contributed by atoms with van der Waals surface area (Å²) in [6.45, 7) is 8.22. The molecular weight excluding hydrogens is 242 g/mol. The Balaban J connectivity index is 1.86. The van der Waals surface area contributed by atoms with E-state index < -0.39 is 0 Å². The van der Waals surface area contributed by atoms with Crippen LogP contribution in [0.5, 0.6) is 0 Å². The first kappa shape index (κ1) is 13.2. The number of hydrogen-bond acceptors (Lipinski definition) is 4. The van der Waals surface area contributed by atoms with Crippen LogP contribution in [0.25, 0.3) is 0 Å². The second-order valence-corrected chi connectivity index (χ2v) is 6.42. The van der Waals surface area contributed by atoms with Crippen LogP contribution in [0, 0.1) is 0 Å². The van der Waals surface area contributed by atoms with Crippen molar-refractivity contribution < 1.29 is 0 Å². The van der Waals surface area contributed by atoms with E-state index in [1.165, 1.54) is 9.88 Å². The second kappa shape index (κ2) is 5.59. The zero-order valence-corrected chi connectivity index (χ0v) is 11.9. The van der Waals surface area contributed by atoms with Crippen molar-refractivity contribution in [3.63, 3.8) is 0 Å². The highest BCUT2D eigenvalue weighted by atomic mass is 32.1. The first-order chi connectivity index (χ1) is 8.55. The maximum atomic E-state index is 4.48. The van der Waals surface area contributed by atoms with Gasteiger partial charge in [-0.25, -0.2) is 4.98 Å². The Labute approximate surface area is 112 Å². The molecule has 1 N–H and O–H groups in total. The van der Waals surface area contributed by atoms with Gasteiger partial charge in [-0.15, -0.1) is 11.3 Å². The molecule has 0 bridgehead atoms. The topological polar surface area (TPSA) is 37.8 Å². The Bertz CT molecular complexity index is 485. The molecule has 0 saturated heterocycles. The highest BCUT2D eigenvalue weighted by molar-refractivity contribution is 7.11. The van der Waals surface area contributed by atoms with Gasteiger partial charge in [-0.2, -0.15) is 0 Å². The molecule has 2 aromatic heterocycles.